The van der Waals surface area contributed by atoms with Gasteiger partial charge in [0.05, 0.1) is 5.69 Å². The zero-order valence-electron chi connectivity index (χ0n) is 11.7. The normalized spacial score (nSPS) is 18.1. The Morgan fingerprint density at radius 3 is 2.78 bits per heavy atom. The molecule has 1 aliphatic rings. The van der Waals surface area contributed by atoms with Crippen LogP contribution in [0.5, 0.6) is 0 Å². The number of likely N-dealkylation sites (tertiary alicyclic amines) is 1. The highest BCUT2D eigenvalue weighted by atomic mass is 15.1. The molecule has 0 unspecified atom stereocenters. The topological polar surface area (TPSA) is 28.2 Å². The minimum Gasteiger partial charge on any atom is -0.314 e. The van der Waals surface area contributed by atoms with Crippen LogP contribution < -0.4 is 5.32 Å². The fraction of sp³-hybridized carbons (Fsp3) is 0.667. The van der Waals surface area contributed by atoms with E-state index in [0.717, 1.165) is 24.8 Å². The SMILES string of the molecule is CCCNC1CCN(Cc2cccc(C)n2)CC1. The summed E-state index contributed by atoms with van der Waals surface area (Å²) in [5.74, 6) is 0. The zero-order chi connectivity index (χ0) is 12.8. The number of hydrogen-bond donors (Lipinski definition) is 1. The summed E-state index contributed by atoms with van der Waals surface area (Å²) >= 11 is 0. The summed E-state index contributed by atoms with van der Waals surface area (Å²) in [4.78, 5) is 7.10. The number of hydrogen-bond acceptors (Lipinski definition) is 3. The van der Waals surface area contributed by atoms with Crippen LogP contribution in [-0.2, 0) is 6.54 Å². The number of piperidine rings is 1. The number of aromatic nitrogens is 1. The van der Waals surface area contributed by atoms with Gasteiger partial charge in [0.15, 0.2) is 0 Å². The van der Waals surface area contributed by atoms with Crippen LogP contribution >= 0.6 is 0 Å². The van der Waals surface area contributed by atoms with Crippen molar-refractivity contribution in [3.05, 3.63) is 29.6 Å². The van der Waals surface area contributed by atoms with Crippen molar-refractivity contribution >= 4 is 0 Å². The smallest absolute Gasteiger partial charge is 0.0547 e. The molecule has 100 valence electrons. The summed E-state index contributed by atoms with van der Waals surface area (Å²) in [6.07, 6.45) is 3.77. The maximum absolute atomic E-state index is 4.58. The van der Waals surface area contributed by atoms with Crippen molar-refractivity contribution in [3.8, 4) is 0 Å². The third-order valence-corrected chi connectivity index (χ3v) is 3.60. The number of nitrogens with zero attached hydrogens (tertiary/aromatic N) is 2. The van der Waals surface area contributed by atoms with Gasteiger partial charge in [0.25, 0.3) is 0 Å². The molecule has 0 aromatic carbocycles. The Bertz CT molecular complexity index is 357. The fourth-order valence-electron chi connectivity index (χ4n) is 2.56. The van der Waals surface area contributed by atoms with E-state index in [4.69, 9.17) is 0 Å². The van der Waals surface area contributed by atoms with Gasteiger partial charge >= 0.3 is 0 Å². The second kappa shape index (κ2) is 6.86. The van der Waals surface area contributed by atoms with Crippen molar-refractivity contribution in [1.29, 1.82) is 0 Å². The zero-order valence-corrected chi connectivity index (χ0v) is 11.7. The third kappa shape index (κ3) is 4.07. The molecule has 0 bridgehead atoms. The highest BCUT2D eigenvalue weighted by Gasteiger charge is 2.18. The lowest BCUT2D eigenvalue weighted by atomic mass is 10.0. The molecule has 1 aromatic heterocycles. The summed E-state index contributed by atoms with van der Waals surface area (Å²) in [6, 6.07) is 7.03. The lowest BCUT2D eigenvalue weighted by Gasteiger charge is -2.32. The predicted molar refractivity (Wildman–Crippen MR) is 75.6 cm³/mol. The van der Waals surface area contributed by atoms with E-state index < -0.39 is 0 Å². The molecule has 2 rings (SSSR count). The molecular weight excluding hydrogens is 222 g/mol. The quantitative estimate of drug-likeness (QED) is 0.865. The van der Waals surface area contributed by atoms with Gasteiger partial charge in [-0.05, 0) is 44.9 Å². The van der Waals surface area contributed by atoms with E-state index in [9.17, 15) is 0 Å². The first-order chi connectivity index (χ1) is 8.78. The molecule has 0 radical (unpaired) electrons. The lowest BCUT2D eigenvalue weighted by molar-refractivity contribution is 0.189. The summed E-state index contributed by atoms with van der Waals surface area (Å²) in [7, 11) is 0. The summed E-state index contributed by atoms with van der Waals surface area (Å²) < 4.78 is 0. The van der Waals surface area contributed by atoms with Crippen molar-refractivity contribution in [2.45, 2.75) is 45.7 Å². The number of pyridine rings is 1. The molecule has 18 heavy (non-hydrogen) atoms. The van der Waals surface area contributed by atoms with E-state index in [1.165, 1.54) is 38.0 Å². The highest BCUT2D eigenvalue weighted by Crippen LogP contribution is 2.13. The van der Waals surface area contributed by atoms with Crippen LogP contribution in [0.2, 0.25) is 0 Å². The molecule has 1 saturated heterocycles. The van der Waals surface area contributed by atoms with Crippen LogP contribution in [0.4, 0.5) is 0 Å². The Labute approximate surface area is 111 Å². The molecule has 1 aliphatic heterocycles. The molecule has 3 nitrogen and oxygen atoms in total. The van der Waals surface area contributed by atoms with Gasteiger partial charge in [-0.3, -0.25) is 9.88 Å². The first kappa shape index (κ1) is 13.5. The summed E-state index contributed by atoms with van der Waals surface area (Å²) in [6.45, 7) is 8.83. The van der Waals surface area contributed by atoms with Crippen molar-refractivity contribution in [1.82, 2.24) is 15.2 Å². The van der Waals surface area contributed by atoms with Gasteiger partial charge in [0, 0.05) is 31.4 Å². The Hall–Kier alpha value is -0.930. The van der Waals surface area contributed by atoms with Crippen LogP contribution in [0.25, 0.3) is 0 Å². The van der Waals surface area contributed by atoms with Gasteiger partial charge < -0.3 is 5.32 Å². The maximum Gasteiger partial charge on any atom is 0.0547 e. The molecule has 1 N–H and O–H groups in total. The van der Waals surface area contributed by atoms with Crippen LogP contribution in [0, 0.1) is 6.92 Å². The van der Waals surface area contributed by atoms with Gasteiger partial charge in [0.2, 0.25) is 0 Å². The average molecular weight is 247 g/mol. The van der Waals surface area contributed by atoms with E-state index in [1.54, 1.807) is 0 Å². The molecule has 0 amide bonds. The largest absolute Gasteiger partial charge is 0.314 e. The van der Waals surface area contributed by atoms with E-state index in [2.05, 4.69) is 47.2 Å². The van der Waals surface area contributed by atoms with E-state index in [-0.39, 0.29) is 0 Å². The van der Waals surface area contributed by atoms with Crippen molar-refractivity contribution in [2.24, 2.45) is 0 Å². The van der Waals surface area contributed by atoms with Gasteiger partial charge in [0.1, 0.15) is 0 Å². The standard InChI is InChI=1S/C15H25N3/c1-3-9-16-14-7-10-18(11-8-14)12-15-6-4-5-13(2)17-15/h4-6,14,16H,3,7-12H2,1-2H3. The Balaban J connectivity index is 1.76. The molecular formula is C15H25N3. The van der Waals surface area contributed by atoms with Crippen molar-refractivity contribution < 1.29 is 0 Å². The summed E-state index contributed by atoms with van der Waals surface area (Å²) in [5.41, 5.74) is 2.32. The highest BCUT2D eigenvalue weighted by molar-refractivity contribution is 5.09. The van der Waals surface area contributed by atoms with Crippen LogP contribution in [0.1, 0.15) is 37.6 Å². The van der Waals surface area contributed by atoms with E-state index >= 15 is 0 Å². The minimum atomic E-state index is 0.728. The minimum absolute atomic E-state index is 0.728. The first-order valence-electron chi connectivity index (χ1n) is 7.16. The maximum atomic E-state index is 4.58. The third-order valence-electron chi connectivity index (χ3n) is 3.60. The van der Waals surface area contributed by atoms with Gasteiger partial charge in [-0.2, -0.15) is 0 Å². The fourth-order valence-corrected chi connectivity index (χ4v) is 2.56. The second-order valence-corrected chi connectivity index (χ2v) is 5.27. The first-order valence-corrected chi connectivity index (χ1v) is 7.16. The van der Waals surface area contributed by atoms with Crippen molar-refractivity contribution in [3.63, 3.8) is 0 Å². The molecule has 3 heteroatoms. The molecule has 0 saturated carbocycles. The molecule has 1 fully saturated rings. The second-order valence-electron chi connectivity index (χ2n) is 5.27. The molecule has 0 spiro atoms. The van der Waals surface area contributed by atoms with Crippen molar-refractivity contribution in [2.75, 3.05) is 19.6 Å². The van der Waals surface area contributed by atoms with Gasteiger partial charge in [-0.25, -0.2) is 0 Å². The predicted octanol–water partition coefficient (Wildman–Crippen LogP) is 2.35. The average Bonchev–Trinajstić information content (AvgIpc) is 2.38. The van der Waals surface area contributed by atoms with E-state index in [1.807, 2.05) is 0 Å². The monoisotopic (exact) mass is 247 g/mol. The van der Waals surface area contributed by atoms with Crippen LogP contribution in [0.3, 0.4) is 0 Å². The number of rotatable bonds is 5. The molecule has 1 aromatic rings. The Morgan fingerprint density at radius 2 is 2.11 bits per heavy atom. The lowest BCUT2D eigenvalue weighted by Crippen LogP contribution is -2.42. The Kier molecular flexibility index (Phi) is 5.14. The van der Waals surface area contributed by atoms with Crippen LogP contribution in [-0.4, -0.2) is 35.6 Å². The molecule has 0 aliphatic carbocycles. The van der Waals surface area contributed by atoms with Crippen LogP contribution in [0.15, 0.2) is 18.2 Å². The van der Waals surface area contributed by atoms with Gasteiger partial charge in [-0.1, -0.05) is 13.0 Å². The van der Waals surface area contributed by atoms with Gasteiger partial charge in [-0.15, -0.1) is 0 Å². The van der Waals surface area contributed by atoms with E-state index in [0.29, 0.717) is 0 Å². The summed E-state index contributed by atoms with van der Waals surface area (Å²) in [5, 5.41) is 3.62. The number of aryl methyl sites for hydroxylation is 1. The molecule has 2 heterocycles. The Morgan fingerprint density at radius 1 is 1.33 bits per heavy atom. The number of nitrogens with one attached hydrogen (secondary N) is 1. The molecule has 0 atom stereocenters.